The molecule has 4 aromatic rings. The van der Waals surface area contributed by atoms with Crippen molar-refractivity contribution in [1.29, 1.82) is 0 Å². The lowest BCUT2D eigenvalue weighted by atomic mass is 10.1. The minimum Gasteiger partial charge on any atom is -0.490 e. The molecule has 8 nitrogen and oxygen atoms in total. The van der Waals surface area contributed by atoms with Crippen LogP contribution in [0.2, 0.25) is 0 Å². The average molecular weight is 485 g/mol. The smallest absolute Gasteiger partial charge is 0.245 e. The molecule has 0 aliphatic carbocycles. The van der Waals surface area contributed by atoms with Crippen LogP contribution in [0.4, 0.5) is 0 Å². The number of rotatable bonds is 7. The Labute approximate surface area is 196 Å². The van der Waals surface area contributed by atoms with Gasteiger partial charge in [-0.05, 0) is 23.6 Å². The molecule has 1 aliphatic heterocycles. The monoisotopic (exact) mass is 484 g/mol. The zero-order chi connectivity index (χ0) is 22.8. The molecule has 1 saturated heterocycles. The van der Waals surface area contributed by atoms with Crippen LogP contribution >= 0.6 is 11.7 Å². The fourth-order valence-corrected chi connectivity index (χ4v) is 6.31. The minimum atomic E-state index is -3.65. The third kappa shape index (κ3) is 4.57. The molecule has 0 unspecified atom stereocenters. The molecular formula is C23H24N4O4S2. The highest BCUT2D eigenvalue weighted by Crippen LogP contribution is 2.26. The van der Waals surface area contributed by atoms with E-state index >= 15 is 0 Å². The first-order chi connectivity index (χ1) is 16.0. The van der Waals surface area contributed by atoms with Gasteiger partial charge in [0.15, 0.2) is 0 Å². The summed E-state index contributed by atoms with van der Waals surface area (Å²) in [7, 11) is -3.65. The summed E-state index contributed by atoms with van der Waals surface area (Å²) >= 11 is 1.01. The van der Waals surface area contributed by atoms with Crippen LogP contribution in [0.3, 0.4) is 0 Å². The predicted molar refractivity (Wildman–Crippen MR) is 128 cm³/mol. The van der Waals surface area contributed by atoms with E-state index in [-0.39, 0.29) is 11.5 Å². The molecule has 0 radical (unpaired) electrons. The molecule has 1 fully saturated rings. The summed E-state index contributed by atoms with van der Waals surface area (Å²) in [5, 5.41) is 12.6. The van der Waals surface area contributed by atoms with E-state index in [0.717, 1.165) is 28.3 Å². The van der Waals surface area contributed by atoms with Crippen LogP contribution in [0.1, 0.15) is 0 Å². The molecule has 2 heterocycles. The van der Waals surface area contributed by atoms with Gasteiger partial charge in [-0.3, -0.25) is 4.90 Å². The van der Waals surface area contributed by atoms with Crippen molar-refractivity contribution < 1.29 is 18.3 Å². The van der Waals surface area contributed by atoms with E-state index in [2.05, 4.69) is 13.6 Å². The largest absolute Gasteiger partial charge is 0.490 e. The zero-order valence-corrected chi connectivity index (χ0v) is 19.5. The molecule has 0 saturated carbocycles. The van der Waals surface area contributed by atoms with Crippen LogP contribution in [0, 0.1) is 0 Å². The Balaban J connectivity index is 1.17. The molecule has 10 heteroatoms. The van der Waals surface area contributed by atoms with Gasteiger partial charge in [-0.1, -0.05) is 42.5 Å². The SMILES string of the molecule is O=S(=O)(c1cccc2nsnc12)N1CCN(C[C@@H](O)COc2cccc3ccccc23)CC1. The maximum atomic E-state index is 13.2. The number of benzene rings is 3. The maximum absolute atomic E-state index is 13.2. The van der Waals surface area contributed by atoms with E-state index in [0.29, 0.717) is 43.8 Å². The van der Waals surface area contributed by atoms with Gasteiger partial charge >= 0.3 is 0 Å². The number of β-amino-alcohol motifs (C(OH)–C–C–N with tert-alkyl or cyclic N) is 1. The summed E-state index contributed by atoms with van der Waals surface area (Å²) in [6.45, 7) is 2.38. The quantitative estimate of drug-likeness (QED) is 0.431. The Morgan fingerprint density at radius 2 is 1.73 bits per heavy atom. The lowest BCUT2D eigenvalue weighted by Gasteiger charge is -2.34. The molecule has 0 amide bonds. The lowest BCUT2D eigenvalue weighted by Crippen LogP contribution is -2.50. The number of sulfonamides is 1. The van der Waals surface area contributed by atoms with Crippen LogP contribution in [-0.4, -0.2) is 76.9 Å². The molecule has 0 bridgehead atoms. The fourth-order valence-electron chi connectivity index (χ4n) is 4.14. The van der Waals surface area contributed by atoms with Gasteiger partial charge in [0.05, 0.1) is 11.7 Å². The van der Waals surface area contributed by atoms with Gasteiger partial charge < -0.3 is 9.84 Å². The molecule has 1 aromatic heterocycles. The Hall–Kier alpha value is -2.63. The molecule has 1 N–H and O–H groups in total. The van der Waals surface area contributed by atoms with Crippen LogP contribution in [0.25, 0.3) is 21.8 Å². The molecule has 0 spiro atoms. The number of aliphatic hydroxyl groups is 1. The van der Waals surface area contributed by atoms with E-state index in [1.54, 1.807) is 18.2 Å². The maximum Gasteiger partial charge on any atom is 0.245 e. The summed E-state index contributed by atoms with van der Waals surface area (Å²) in [6, 6.07) is 18.9. The molecule has 33 heavy (non-hydrogen) atoms. The number of aromatic nitrogens is 2. The fraction of sp³-hybridized carbons (Fsp3) is 0.304. The van der Waals surface area contributed by atoms with E-state index in [1.807, 2.05) is 42.5 Å². The zero-order valence-electron chi connectivity index (χ0n) is 17.9. The molecule has 172 valence electrons. The normalized spacial score (nSPS) is 16.9. The summed E-state index contributed by atoms with van der Waals surface area (Å²) in [5.74, 6) is 0.744. The van der Waals surface area contributed by atoms with Gasteiger partial charge in [-0.25, -0.2) is 8.42 Å². The second kappa shape index (κ2) is 9.32. The number of fused-ring (bicyclic) bond motifs is 2. The third-order valence-corrected chi connectivity index (χ3v) is 8.32. The van der Waals surface area contributed by atoms with E-state index < -0.39 is 16.1 Å². The molecule has 1 atom stereocenters. The van der Waals surface area contributed by atoms with E-state index in [1.165, 1.54) is 4.31 Å². The highest BCUT2D eigenvalue weighted by atomic mass is 32.2. The molecular weight excluding hydrogens is 460 g/mol. The number of hydrogen-bond acceptors (Lipinski definition) is 8. The van der Waals surface area contributed by atoms with Crippen LogP contribution < -0.4 is 4.74 Å². The van der Waals surface area contributed by atoms with Crippen LogP contribution in [0.5, 0.6) is 5.75 Å². The molecule has 5 rings (SSSR count). The van der Waals surface area contributed by atoms with Crippen molar-refractivity contribution in [2.75, 3.05) is 39.3 Å². The number of ether oxygens (including phenoxy) is 1. The minimum absolute atomic E-state index is 0.172. The van der Waals surface area contributed by atoms with Gasteiger partial charge in [0.2, 0.25) is 10.0 Å². The van der Waals surface area contributed by atoms with Gasteiger partial charge in [-0.15, -0.1) is 0 Å². The molecule has 1 aliphatic rings. The third-order valence-electron chi connectivity index (χ3n) is 5.85. The highest BCUT2D eigenvalue weighted by molar-refractivity contribution is 7.89. The van der Waals surface area contributed by atoms with Crippen molar-refractivity contribution in [3.63, 3.8) is 0 Å². The van der Waals surface area contributed by atoms with E-state index in [4.69, 9.17) is 4.74 Å². The second-order valence-corrected chi connectivity index (χ2v) is 10.5. The number of nitrogens with zero attached hydrogens (tertiary/aromatic N) is 4. The Morgan fingerprint density at radius 3 is 2.58 bits per heavy atom. The van der Waals surface area contributed by atoms with Crippen molar-refractivity contribution in [3.8, 4) is 5.75 Å². The summed E-state index contributed by atoms with van der Waals surface area (Å²) < 4.78 is 42.0. The summed E-state index contributed by atoms with van der Waals surface area (Å²) in [4.78, 5) is 2.26. The van der Waals surface area contributed by atoms with Crippen molar-refractivity contribution in [1.82, 2.24) is 18.0 Å². The van der Waals surface area contributed by atoms with Crippen LogP contribution in [-0.2, 0) is 10.0 Å². The predicted octanol–water partition coefficient (Wildman–Crippen LogP) is 2.59. The first-order valence-corrected chi connectivity index (χ1v) is 12.9. The number of hydrogen-bond donors (Lipinski definition) is 1. The standard InChI is InChI=1S/C23H24N4O4S2/c28-18(16-31-21-9-3-6-17-5-1-2-7-19(17)21)15-26-11-13-27(14-12-26)33(29,30)22-10-4-8-20-23(22)25-32-24-20/h1-10,18,28H,11-16H2/t18-/m1/s1. The summed E-state index contributed by atoms with van der Waals surface area (Å²) in [5.41, 5.74) is 1.01. The Bertz CT molecular complexity index is 1360. The van der Waals surface area contributed by atoms with Crippen molar-refractivity contribution in [3.05, 3.63) is 60.7 Å². The highest BCUT2D eigenvalue weighted by Gasteiger charge is 2.31. The number of piperazine rings is 1. The van der Waals surface area contributed by atoms with Gasteiger partial charge in [0.1, 0.15) is 34.4 Å². The van der Waals surface area contributed by atoms with Gasteiger partial charge in [0, 0.05) is 38.1 Å². The van der Waals surface area contributed by atoms with Crippen LogP contribution in [0.15, 0.2) is 65.6 Å². The molecule has 3 aromatic carbocycles. The van der Waals surface area contributed by atoms with Crippen molar-refractivity contribution in [2.24, 2.45) is 0 Å². The van der Waals surface area contributed by atoms with Gasteiger partial charge in [-0.2, -0.15) is 13.1 Å². The first kappa shape index (κ1) is 22.2. The van der Waals surface area contributed by atoms with E-state index in [9.17, 15) is 13.5 Å². The van der Waals surface area contributed by atoms with Crippen molar-refractivity contribution in [2.45, 2.75) is 11.0 Å². The topological polar surface area (TPSA) is 95.9 Å². The summed E-state index contributed by atoms with van der Waals surface area (Å²) in [6.07, 6.45) is -0.679. The first-order valence-electron chi connectivity index (χ1n) is 10.7. The number of aliphatic hydroxyl groups excluding tert-OH is 1. The van der Waals surface area contributed by atoms with Gasteiger partial charge in [0.25, 0.3) is 0 Å². The second-order valence-electron chi connectivity index (χ2n) is 8.03. The van der Waals surface area contributed by atoms with Crippen molar-refractivity contribution >= 4 is 43.6 Å². The Kier molecular flexibility index (Phi) is 6.26. The average Bonchev–Trinajstić information content (AvgIpc) is 3.32. The lowest BCUT2D eigenvalue weighted by molar-refractivity contribution is 0.0573. The Morgan fingerprint density at radius 1 is 0.970 bits per heavy atom.